The van der Waals surface area contributed by atoms with Gasteiger partial charge in [0.1, 0.15) is 17.2 Å². The summed E-state index contributed by atoms with van der Waals surface area (Å²) in [4.78, 5) is 2.28. The standard InChI is InChI=1S/C14H17FN2O/c1-9-6-17(8-13(9)16)7-12-5-10-4-11(15)2-3-14(10)18-12/h2-5,9,13H,6-8,16H2,1H3. The summed E-state index contributed by atoms with van der Waals surface area (Å²) in [5, 5.41) is 0.821. The molecule has 0 saturated carbocycles. The summed E-state index contributed by atoms with van der Waals surface area (Å²) < 4.78 is 18.8. The van der Waals surface area contributed by atoms with Gasteiger partial charge in [0.2, 0.25) is 0 Å². The van der Waals surface area contributed by atoms with E-state index < -0.39 is 0 Å². The van der Waals surface area contributed by atoms with Crippen molar-refractivity contribution in [3.8, 4) is 0 Å². The second-order valence-electron chi connectivity index (χ2n) is 5.23. The van der Waals surface area contributed by atoms with Crippen LogP contribution in [0.2, 0.25) is 0 Å². The third-order valence-electron chi connectivity index (χ3n) is 3.65. The Morgan fingerprint density at radius 1 is 1.39 bits per heavy atom. The Hall–Kier alpha value is -1.39. The van der Waals surface area contributed by atoms with Crippen molar-refractivity contribution in [3.05, 3.63) is 35.8 Å². The molecular weight excluding hydrogens is 231 g/mol. The van der Waals surface area contributed by atoms with Crippen LogP contribution in [0.5, 0.6) is 0 Å². The number of halogens is 1. The quantitative estimate of drug-likeness (QED) is 0.887. The van der Waals surface area contributed by atoms with Crippen LogP contribution in [0.3, 0.4) is 0 Å². The van der Waals surface area contributed by atoms with Crippen molar-refractivity contribution in [1.29, 1.82) is 0 Å². The van der Waals surface area contributed by atoms with E-state index in [4.69, 9.17) is 10.2 Å². The lowest BCUT2D eigenvalue weighted by Gasteiger charge is -2.12. The van der Waals surface area contributed by atoms with E-state index in [9.17, 15) is 4.39 Å². The highest BCUT2D eigenvalue weighted by Crippen LogP contribution is 2.23. The molecule has 1 fully saturated rings. The average Bonchev–Trinajstić information content (AvgIpc) is 2.82. The first-order valence-electron chi connectivity index (χ1n) is 6.28. The lowest BCUT2D eigenvalue weighted by molar-refractivity contribution is 0.292. The lowest BCUT2D eigenvalue weighted by atomic mass is 10.1. The Labute approximate surface area is 105 Å². The molecule has 3 rings (SSSR count). The van der Waals surface area contributed by atoms with Crippen LogP contribution >= 0.6 is 0 Å². The van der Waals surface area contributed by atoms with E-state index in [0.717, 1.165) is 36.4 Å². The van der Waals surface area contributed by atoms with Gasteiger partial charge in [-0.3, -0.25) is 4.90 Å². The highest BCUT2D eigenvalue weighted by atomic mass is 19.1. The minimum Gasteiger partial charge on any atom is -0.460 e. The van der Waals surface area contributed by atoms with Gasteiger partial charge in [0.25, 0.3) is 0 Å². The fourth-order valence-electron chi connectivity index (χ4n) is 2.59. The molecular formula is C14H17FN2O. The molecule has 2 heterocycles. The van der Waals surface area contributed by atoms with Gasteiger partial charge in [-0.25, -0.2) is 4.39 Å². The molecule has 4 heteroatoms. The molecule has 96 valence electrons. The summed E-state index contributed by atoms with van der Waals surface area (Å²) in [5.74, 6) is 1.16. The Morgan fingerprint density at radius 2 is 2.22 bits per heavy atom. The number of furan rings is 1. The first kappa shape index (κ1) is 11.7. The Balaban J connectivity index is 1.79. The van der Waals surface area contributed by atoms with Crippen LogP contribution < -0.4 is 5.73 Å². The zero-order valence-electron chi connectivity index (χ0n) is 10.4. The van der Waals surface area contributed by atoms with Gasteiger partial charge in [-0.15, -0.1) is 0 Å². The Morgan fingerprint density at radius 3 is 2.94 bits per heavy atom. The number of nitrogens with zero attached hydrogens (tertiary/aromatic N) is 1. The lowest BCUT2D eigenvalue weighted by Crippen LogP contribution is -2.28. The van der Waals surface area contributed by atoms with E-state index >= 15 is 0 Å². The van der Waals surface area contributed by atoms with E-state index in [1.54, 1.807) is 6.07 Å². The van der Waals surface area contributed by atoms with Gasteiger partial charge < -0.3 is 10.2 Å². The number of hydrogen-bond acceptors (Lipinski definition) is 3. The normalized spacial score (nSPS) is 25.1. The van der Waals surface area contributed by atoms with E-state index in [-0.39, 0.29) is 11.9 Å². The van der Waals surface area contributed by atoms with E-state index in [2.05, 4.69) is 11.8 Å². The molecule has 18 heavy (non-hydrogen) atoms. The SMILES string of the molecule is CC1CN(Cc2cc3cc(F)ccc3o2)CC1N. The predicted octanol–water partition coefficient (Wildman–Crippen LogP) is 2.35. The summed E-state index contributed by atoms with van der Waals surface area (Å²) in [6.07, 6.45) is 0. The predicted molar refractivity (Wildman–Crippen MR) is 68.6 cm³/mol. The van der Waals surface area contributed by atoms with Gasteiger partial charge in [0.15, 0.2) is 0 Å². The van der Waals surface area contributed by atoms with Crippen LogP contribution in [-0.4, -0.2) is 24.0 Å². The zero-order chi connectivity index (χ0) is 12.7. The minimum atomic E-state index is -0.230. The monoisotopic (exact) mass is 248 g/mol. The third kappa shape index (κ3) is 2.13. The van der Waals surface area contributed by atoms with Crippen LogP contribution in [-0.2, 0) is 6.54 Å². The fourth-order valence-corrected chi connectivity index (χ4v) is 2.59. The second-order valence-corrected chi connectivity index (χ2v) is 5.23. The number of fused-ring (bicyclic) bond motifs is 1. The molecule has 1 aliphatic heterocycles. The molecule has 2 atom stereocenters. The van der Waals surface area contributed by atoms with Crippen molar-refractivity contribution in [2.24, 2.45) is 11.7 Å². The smallest absolute Gasteiger partial charge is 0.134 e. The molecule has 0 radical (unpaired) electrons. The van der Waals surface area contributed by atoms with Crippen molar-refractivity contribution < 1.29 is 8.81 Å². The van der Waals surface area contributed by atoms with E-state index in [0.29, 0.717) is 5.92 Å². The molecule has 2 aromatic rings. The van der Waals surface area contributed by atoms with Crippen molar-refractivity contribution in [2.45, 2.75) is 19.5 Å². The average molecular weight is 248 g/mol. The molecule has 2 N–H and O–H groups in total. The molecule has 1 aliphatic rings. The number of likely N-dealkylation sites (tertiary alicyclic amines) is 1. The highest BCUT2D eigenvalue weighted by molar-refractivity contribution is 5.77. The van der Waals surface area contributed by atoms with Crippen molar-refractivity contribution >= 4 is 11.0 Å². The van der Waals surface area contributed by atoms with Gasteiger partial charge in [-0.1, -0.05) is 6.92 Å². The highest BCUT2D eigenvalue weighted by Gasteiger charge is 2.26. The molecule has 0 spiro atoms. The van der Waals surface area contributed by atoms with Gasteiger partial charge >= 0.3 is 0 Å². The zero-order valence-corrected chi connectivity index (χ0v) is 10.4. The second kappa shape index (κ2) is 4.37. The van der Waals surface area contributed by atoms with E-state index in [1.165, 1.54) is 12.1 Å². The molecule has 1 saturated heterocycles. The summed E-state index contributed by atoms with van der Waals surface area (Å²) in [6, 6.07) is 6.75. The topological polar surface area (TPSA) is 42.4 Å². The minimum absolute atomic E-state index is 0.230. The Kier molecular flexibility index (Phi) is 2.84. The molecule has 0 bridgehead atoms. The van der Waals surface area contributed by atoms with Gasteiger partial charge in [-0.2, -0.15) is 0 Å². The number of hydrogen-bond donors (Lipinski definition) is 1. The summed E-state index contributed by atoms with van der Waals surface area (Å²) >= 11 is 0. The fraction of sp³-hybridized carbons (Fsp3) is 0.429. The molecule has 1 aromatic carbocycles. The van der Waals surface area contributed by atoms with Crippen molar-refractivity contribution in [3.63, 3.8) is 0 Å². The molecule has 1 aromatic heterocycles. The molecule has 2 unspecified atom stereocenters. The maximum absolute atomic E-state index is 13.1. The first-order valence-corrected chi connectivity index (χ1v) is 6.28. The number of rotatable bonds is 2. The van der Waals surface area contributed by atoms with Gasteiger partial charge in [-0.05, 0) is 30.2 Å². The summed E-state index contributed by atoms with van der Waals surface area (Å²) in [5.41, 5.74) is 6.73. The van der Waals surface area contributed by atoms with Crippen LogP contribution in [0.4, 0.5) is 4.39 Å². The molecule has 0 aliphatic carbocycles. The third-order valence-corrected chi connectivity index (χ3v) is 3.65. The van der Waals surface area contributed by atoms with Crippen LogP contribution in [0, 0.1) is 11.7 Å². The van der Waals surface area contributed by atoms with Crippen molar-refractivity contribution in [2.75, 3.05) is 13.1 Å². The summed E-state index contributed by atoms with van der Waals surface area (Å²) in [7, 11) is 0. The maximum atomic E-state index is 13.1. The number of benzene rings is 1. The van der Waals surface area contributed by atoms with Crippen LogP contribution in [0.25, 0.3) is 11.0 Å². The van der Waals surface area contributed by atoms with E-state index in [1.807, 2.05) is 6.07 Å². The molecule has 0 amide bonds. The number of nitrogens with two attached hydrogens (primary N) is 1. The van der Waals surface area contributed by atoms with Crippen LogP contribution in [0.1, 0.15) is 12.7 Å². The molecule has 3 nitrogen and oxygen atoms in total. The first-order chi connectivity index (χ1) is 8.61. The van der Waals surface area contributed by atoms with Gasteiger partial charge in [0.05, 0.1) is 6.54 Å². The van der Waals surface area contributed by atoms with Crippen LogP contribution in [0.15, 0.2) is 28.7 Å². The van der Waals surface area contributed by atoms with Gasteiger partial charge in [0, 0.05) is 24.5 Å². The summed E-state index contributed by atoms with van der Waals surface area (Å²) in [6.45, 7) is 4.80. The largest absolute Gasteiger partial charge is 0.460 e. The Bertz CT molecular complexity index is 556. The van der Waals surface area contributed by atoms with Crippen molar-refractivity contribution in [1.82, 2.24) is 4.90 Å². The maximum Gasteiger partial charge on any atom is 0.134 e.